The van der Waals surface area contributed by atoms with E-state index in [0.29, 0.717) is 6.04 Å². The number of carbonyl (C=O) groups is 1. The van der Waals surface area contributed by atoms with Crippen LogP contribution in [0.1, 0.15) is 30.1 Å². The molecule has 2 rings (SSSR count). The van der Waals surface area contributed by atoms with Crippen LogP contribution in [-0.2, 0) is 0 Å². The Hall–Kier alpha value is -0.140. The van der Waals surface area contributed by atoms with E-state index >= 15 is 0 Å². The van der Waals surface area contributed by atoms with E-state index in [9.17, 15) is 4.79 Å². The third-order valence-electron chi connectivity index (χ3n) is 3.36. The molecule has 1 unspecified atom stereocenters. The molecule has 1 aliphatic heterocycles. The monoisotopic (exact) mass is 436 g/mol. The van der Waals surface area contributed by atoms with Crippen molar-refractivity contribution in [1.29, 1.82) is 0 Å². The summed E-state index contributed by atoms with van der Waals surface area (Å²) in [6.45, 7) is 4.86. The lowest BCUT2D eigenvalue weighted by Crippen LogP contribution is -2.42. The molecule has 1 amide bonds. The number of nitrogens with zero attached hydrogens (tertiary/aromatic N) is 1. The van der Waals surface area contributed by atoms with Gasteiger partial charge in [0.15, 0.2) is 0 Å². The molecule has 1 aromatic carbocycles. The lowest BCUT2D eigenvalue weighted by molar-refractivity contribution is 0.0691. The molecule has 1 saturated heterocycles. The molecule has 19 heavy (non-hydrogen) atoms. The summed E-state index contributed by atoms with van der Waals surface area (Å²) in [5.74, 6) is 0.140. The molecule has 1 heterocycles. The Labute approximate surface area is 136 Å². The lowest BCUT2D eigenvalue weighted by atomic mass is 10.1. The number of hydrogen-bond acceptors (Lipinski definition) is 2. The number of rotatable bonds is 4. The average molecular weight is 437 g/mol. The molecule has 1 atom stereocenters. The highest BCUT2D eigenvalue weighted by atomic mass is 127. The van der Waals surface area contributed by atoms with Gasteiger partial charge in [-0.15, -0.1) is 0 Å². The maximum atomic E-state index is 12.8. The van der Waals surface area contributed by atoms with Crippen LogP contribution in [0.15, 0.2) is 22.7 Å². The minimum atomic E-state index is 0.140. The van der Waals surface area contributed by atoms with Crippen molar-refractivity contribution in [2.24, 2.45) is 0 Å². The van der Waals surface area contributed by atoms with Gasteiger partial charge in [-0.25, -0.2) is 0 Å². The summed E-state index contributed by atoms with van der Waals surface area (Å²) >= 11 is 5.74. The van der Waals surface area contributed by atoms with Crippen LogP contribution in [0.3, 0.4) is 0 Å². The standard InChI is InChI=1S/C14H18BrIN2O/c1-2-7-18(11-5-6-17-9-11)14(19)12-8-10(16)3-4-13(12)15/h3-4,8,11,17H,2,5-7,9H2,1H3. The van der Waals surface area contributed by atoms with Crippen molar-refractivity contribution < 1.29 is 4.79 Å². The third kappa shape index (κ3) is 3.70. The van der Waals surface area contributed by atoms with Crippen LogP contribution >= 0.6 is 38.5 Å². The fourth-order valence-corrected chi connectivity index (χ4v) is 3.32. The Kier molecular flexibility index (Phi) is 5.65. The van der Waals surface area contributed by atoms with E-state index in [0.717, 1.165) is 46.1 Å². The molecule has 104 valence electrons. The summed E-state index contributed by atoms with van der Waals surface area (Å²) < 4.78 is 1.97. The van der Waals surface area contributed by atoms with Gasteiger partial charge in [0, 0.05) is 27.2 Å². The number of nitrogens with one attached hydrogen (secondary N) is 1. The smallest absolute Gasteiger partial charge is 0.255 e. The summed E-state index contributed by atoms with van der Waals surface area (Å²) in [5, 5.41) is 3.34. The Bertz CT molecular complexity index is 461. The van der Waals surface area contributed by atoms with E-state index in [4.69, 9.17) is 0 Å². The van der Waals surface area contributed by atoms with Crippen molar-refractivity contribution >= 4 is 44.4 Å². The molecule has 1 aromatic rings. The van der Waals surface area contributed by atoms with Crippen molar-refractivity contribution in [2.45, 2.75) is 25.8 Å². The number of carbonyl (C=O) groups excluding carboxylic acids is 1. The number of benzene rings is 1. The van der Waals surface area contributed by atoms with Crippen LogP contribution in [-0.4, -0.2) is 36.5 Å². The Morgan fingerprint density at radius 1 is 1.58 bits per heavy atom. The zero-order valence-corrected chi connectivity index (χ0v) is 14.7. The third-order valence-corrected chi connectivity index (χ3v) is 4.72. The summed E-state index contributed by atoms with van der Waals surface area (Å²) in [6, 6.07) is 6.24. The highest BCUT2D eigenvalue weighted by Crippen LogP contribution is 2.23. The molecule has 1 N–H and O–H groups in total. The van der Waals surface area contributed by atoms with Gasteiger partial charge >= 0.3 is 0 Å². The Morgan fingerprint density at radius 2 is 2.37 bits per heavy atom. The second-order valence-electron chi connectivity index (χ2n) is 4.77. The van der Waals surface area contributed by atoms with Crippen LogP contribution in [0.5, 0.6) is 0 Å². The van der Waals surface area contributed by atoms with Crippen LogP contribution in [0.4, 0.5) is 0 Å². The SMILES string of the molecule is CCCN(C(=O)c1cc(I)ccc1Br)C1CCNC1. The summed E-state index contributed by atoms with van der Waals surface area (Å²) in [6.07, 6.45) is 2.04. The van der Waals surface area contributed by atoms with Gasteiger partial charge < -0.3 is 10.2 Å². The number of amides is 1. The quantitative estimate of drug-likeness (QED) is 0.734. The van der Waals surface area contributed by atoms with E-state index in [-0.39, 0.29) is 5.91 Å². The average Bonchev–Trinajstić information content (AvgIpc) is 2.92. The Balaban J connectivity index is 2.25. The first-order valence-corrected chi connectivity index (χ1v) is 8.47. The molecule has 1 aliphatic rings. The predicted octanol–water partition coefficient (Wildman–Crippen LogP) is 3.27. The van der Waals surface area contributed by atoms with Crippen molar-refractivity contribution in [3.8, 4) is 0 Å². The number of halogens is 2. The first kappa shape index (κ1) is 15.3. The molecule has 0 saturated carbocycles. The second-order valence-corrected chi connectivity index (χ2v) is 6.87. The molecule has 1 fully saturated rings. The molecule has 0 aromatic heterocycles. The van der Waals surface area contributed by atoms with E-state index in [1.165, 1.54) is 0 Å². The van der Waals surface area contributed by atoms with Gasteiger partial charge in [-0.05, 0) is 76.1 Å². The van der Waals surface area contributed by atoms with Crippen molar-refractivity contribution in [3.05, 3.63) is 31.8 Å². The zero-order chi connectivity index (χ0) is 13.8. The molecular weight excluding hydrogens is 419 g/mol. The molecule has 0 aliphatic carbocycles. The van der Waals surface area contributed by atoms with Crippen LogP contribution in [0, 0.1) is 3.57 Å². The maximum Gasteiger partial charge on any atom is 0.255 e. The molecule has 5 heteroatoms. The van der Waals surface area contributed by atoms with E-state index in [2.05, 4.69) is 50.8 Å². The molecule has 3 nitrogen and oxygen atoms in total. The molecule has 0 spiro atoms. The van der Waals surface area contributed by atoms with E-state index in [1.807, 2.05) is 23.1 Å². The minimum Gasteiger partial charge on any atom is -0.334 e. The summed E-state index contributed by atoms with van der Waals surface area (Å²) in [4.78, 5) is 14.8. The van der Waals surface area contributed by atoms with Gasteiger partial charge in [0.1, 0.15) is 0 Å². The lowest BCUT2D eigenvalue weighted by Gasteiger charge is -2.28. The summed E-state index contributed by atoms with van der Waals surface area (Å²) in [7, 11) is 0. The predicted molar refractivity (Wildman–Crippen MR) is 89.5 cm³/mol. The van der Waals surface area contributed by atoms with Crippen LogP contribution < -0.4 is 5.32 Å². The van der Waals surface area contributed by atoms with Crippen LogP contribution in [0.25, 0.3) is 0 Å². The topological polar surface area (TPSA) is 32.3 Å². The van der Waals surface area contributed by atoms with Gasteiger partial charge in [-0.3, -0.25) is 4.79 Å². The van der Waals surface area contributed by atoms with Gasteiger partial charge in [0.2, 0.25) is 0 Å². The molecule has 0 bridgehead atoms. The highest BCUT2D eigenvalue weighted by Gasteiger charge is 2.27. The van der Waals surface area contributed by atoms with Gasteiger partial charge in [0.25, 0.3) is 5.91 Å². The maximum absolute atomic E-state index is 12.8. The minimum absolute atomic E-state index is 0.140. The van der Waals surface area contributed by atoms with Crippen molar-refractivity contribution in [1.82, 2.24) is 10.2 Å². The normalized spacial score (nSPS) is 18.6. The Morgan fingerprint density at radius 3 is 3.00 bits per heavy atom. The molecule has 0 radical (unpaired) electrons. The number of hydrogen-bond donors (Lipinski definition) is 1. The first-order valence-electron chi connectivity index (χ1n) is 6.60. The largest absolute Gasteiger partial charge is 0.334 e. The highest BCUT2D eigenvalue weighted by molar-refractivity contribution is 14.1. The van der Waals surface area contributed by atoms with E-state index in [1.54, 1.807) is 0 Å². The van der Waals surface area contributed by atoms with Crippen molar-refractivity contribution in [2.75, 3.05) is 19.6 Å². The van der Waals surface area contributed by atoms with Gasteiger partial charge in [0.05, 0.1) is 5.56 Å². The molecular formula is C14H18BrIN2O. The zero-order valence-electron chi connectivity index (χ0n) is 11.0. The van der Waals surface area contributed by atoms with Gasteiger partial charge in [-0.2, -0.15) is 0 Å². The summed E-state index contributed by atoms with van der Waals surface area (Å²) in [5.41, 5.74) is 0.771. The van der Waals surface area contributed by atoms with Gasteiger partial charge in [-0.1, -0.05) is 6.92 Å². The first-order chi connectivity index (χ1) is 9.13. The fraction of sp³-hybridized carbons (Fsp3) is 0.500. The second kappa shape index (κ2) is 7.04. The van der Waals surface area contributed by atoms with Crippen molar-refractivity contribution in [3.63, 3.8) is 0 Å². The van der Waals surface area contributed by atoms with E-state index < -0.39 is 0 Å². The van der Waals surface area contributed by atoms with Crippen LogP contribution in [0.2, 0.25) is 0 Å². The fourth-order valence-electron chi connectivity index (χ4n) is 2.41.